The molecule has 174 valence electrons. The molecule has 0 spiro atoms. The number of halogens is 1. The van der Waals surface area contributed by atoms with Crippen LogP contribution in [-0.4, -0.2) is 72.1 Å². The van der Waals surface area contributed by atoms with E-state index in [9.17, 15) is 23.9 Å². The molecule has 2 N–H and O–H groups in total. The second-order valence-electron chi connectivity index (χ2n) is 8.78. The first-order chi connectivity index (χ1) is 14.9. The summed E-state index contributed by atoms with van der Waals surface area (Å²) in [6.07, 6.45) is -0.849. The molecule has 1 fully saturated rings. The lowest BCUT2D eigenvalue weighted by Gasteiger charge is -2.26. The van der Waals surface area contributed by atoms with E-state index in [0.29, 0.717) is 16.8 Å². The first kappa shape index (κ1) is 23.7. The lowest BCUT2D eigenvalue weighted by atomic mass is 10.1. The Hall–Kier alpha value is -2.98. The highest BCUT2D eigenvalue weighted by Gasteiger charge is 2.34. The van der Waals surface area contributed by atoms with Crippen molar-refractivity contribution in [2.24, 2.45) is 0 Å². The van der Waals surface area contributed by atoms with E-state index in [4.69, 9.17) is 9.47 Å². The molecule has 2 heterocycles. The van der Waals surface area contributed by atoms with Crippen LogP contribution in [0.25, 0.3) is 5.57 Å². The fraction of sp³-hybridized carbons (Fsp3) is 0.500. The molecule has 2 amide bonds. The van der Waals surface area contributed by atoms with Crippen molar-refractivity contribution in [3.8, 4) is 0 Å². The van der Waals surface area contributed by atoms with Crippen molar-refractivity contribution in [2.75, 3.05) is 31.1 Å². The minimum Gasteiger partial charge on any atom is -0.457 e. The molecule has 0 aliphatic carbocycles. The molecule has 32 heavy (non-hydrogen) atoms. The normalized spacial score (nSPS) is 20.1. The molecule has 0 saturated carbocycles. The Morgan fingerprint density at radius 3 is 2.72 bits per heavy atom. The largest absolute Gasteiger partial charge is 0.457 e. The zero-order chi connectivity index (χ0) is 23.6. The van der Waals surface area contributed by atoms with E-state index >= 15 is 0 Å². The van der Waals surface area contributed by atoms with E-state index in [1.165, 1.54) is 22.8 Å². The lowest BCUT2D eigenvalue weighted by Crippen LogP contribution is -2.43. The Morgan fingerprint density at radius 2 is 2.09 bits per heavy atom. The SMILES string of the molecule is CC(=O)NC[C@H]1CN(c2ccc(C3=CCN([C@@H](O)C(=O)OC(C)(C)C)C3)c(F)c2)C(=O)O1. The van der Waals surface area contributed by atoms with Gasteiger partial charge in [-0.3, -0.25) is 14.6 Å². The average Bonchev–Trinajstić information content (AvgIpc) is 3.31. The van der Waals surface area contributed by atoms with Crippen LogP contribution in [0.4, 0.5) is 14.9 Å². The van der Waals surface area contributed by atoms with Crippen LogP contribution in [0.5, 0.6) is 0 Å². The van der Waals surface area contributed by atoms with Crippen molar-refractivity contribution in [1.29, 1.82) is 0 Å². The topological polar surface area (TPSA) is 108 Å². The third kappa shape index (κ3) is 5.63. The van der Waals surface area contributed by atoms with Crippen LogP contribution in [0.15, 0.2) is 24.3 Å². The molecule has 3 rings (SSSR count). The first-order valence-electron chi connectivity index (χ1n) is 10.3. The van der Waals surface area contributed by atoms with E-state index in [2.05, 4.69) is 5.32 Å². The number of ether oxygens (including phenoxy) is 2. The first-order valence-corrected chi connectivity index (χ1v) is 10.3. The van der Waals surface area contributed by atoms with E-state index < -0.39 is 35.8 Å². The number of hydrogen-bond acceptors (Lipinski definition) is 7. The number of esters is 1. The fourth-order valence-electron chi connectivity index (χ4n) is 3.49. The number of carbonyl (C=O) groups is 3. The van der Waals surface area contributed by atoms with Gasteiger partial charge in [-0.1, -0.05) is 6.08 Å². The van der Waals surface area contributed by atoms with E-state index in [1.54, 1.807) is 39.0 Å². The summed E-state index contributed by atoms with van der Waals surface area (Å²) >= 11 is 0. The summed E-state index contributed by atoms with van der Waals surface area (Å²) in [5.41, 5.74) is 0.540. The molecule has 1 aromatic rings. The number of nitrogens with zero attached hydrogens (tertiary/aromatic N) is 2. The zero-order valence-corrected chi connectivity index (χ0v) is 18.6. The highest BCUT2D eigenvalue weighted by molar-refractivity contribution is 5.90. The predicted molar refractivity (Wildman–Crippen MR) is 114 cm³/mol. The maximum Gasteiger partial charge on any atom is 0.414 e. The molecule has 2 aliphatic rings. The smallest absolute Gasteiger partial charge is 0.414 e. The highest BCUT2D eigenvalue weighted by Crippen LogP contribution is 2.29. The van der Waals surface area contributed by atoms with Gasteiger partial charge in [0, 0.05) is 25.6 Å². The summed E-state index contributed by atoms with van der Waals surface area (Å²) in [5, 5.41) is 12.9. The number of benzene rings is 1. The summed E-state index contributed by atoms with van der Waals surface area (Å²) in [7, 11) is 0. The van der Waals surface area contributed by atoms with Gasteiger partial charge in [-0.05, 0) is 44.5 Å². The van der Waals surface area contributed by atoms with Gasteiger partial charge in [0.05, 0.1) is 18.8 Å². The van der Waals surface area contributed by atoms with Gasteiger partial charge < -0.3 is 19.9 Å². The number of rotatable bonds is 6. The summed E-state index contributed by atoms with van der Waals surface area (Å²) in [6, 6.07) is 4.40. The Balaban J connectivity index is 1.64. The summed E-state index contributed by atoms with van der Waals surface area (Å²) in [6.45, 7) is 7.30. The molecule has 2 atom stereocenters. The maximum absolute atomic E-state index is 14.9. The lowest BCUT2D eigenvalue weighted by molar-refractivity contribution is -0.174. The minimum atomic E-state index is -1.45. The van der Waals surface area contributed by atoms with Gasteiger partial charge in [0.2, 0.25) is 12.1 Å². The fourth-order valence-corrected chi connectivity index (χ4v) is 3.49. The molecule has 0 radical (unpaired) electrons. The molecule has 1 aromatic carbocycles. The molecule has 0 aromatic heterocycles. The summed E-state index contributed by atoms with van der Waals surface area (Å²) in [5.74, 6) is -1.53. The van der Waals surface area contributed by atoms with Crippen LogP contribution in [-0.2, 0) is 19.1 Å². The maximum atomic E-state index is 14.9. The Morgan fingerprint density at radius 1 is 1.38 bits per heavy atom. The van der Waals surface area contributed by atoms with Gasteiger partial charge in [0.15, 0.2) is 0 Å². The molecule has 10 heteroatoms. The van der Waals surface area contributed by atoms with Crippen molar-refractivity contribution in [3.05, 3.63) is 35.7 Å². The Bertz CT molecular complexity index is 942. The summed E-state index contributed by atoms with van der Waals surface area (Å²) in [4.78, 5) is 38.1. The number of aliphatic hydroxyl groups excluding tert-OH is 1. The molecular weight excluding hydrogens is 421 g/mol. The third-order valence-electron chi connectivity index (χ3n) is 4.97. The quantitative estimate of drug-likeness (QED) is 0.636. The molecular formula is C22H28FN3O6. The Kier molecular flexibility index (Phi) is 6.85. The van der Waals surface area contributed by atoms with Gasteiger partial charge >= 0.3 is 12.1 Å². The molecule has 0 unspecified atom stereocenters. The number of cyclic esters (lactones) is 1. The molecule has 0 bridgehead atoms. The standard InChI is InChI=1S/C22H28FN3O6/c1-13(27)24-10-16-12-26(21(30)31-16)15-5-6-17(18(23)9-15)14-7-8-25(11-14)19(28)20(29)32-22(2,3)4/h5-7,9,16,19,28H,8,10-12H2,1-4H3,(H,24,27)/t16-,19-/m0/s1. The number of aliphatic hydroxyl groups is 1. The highest BCUT2D eigenvalue weighted by atomic mass is 19.1. The van der Waals surface area contributed by atoms with E-state index in [0.717, 1.165) is 0 Å². The second-order valence-corrected chi connectivity index (χ2v) is 8.78. The molecule has 9 nitrogen and oxygen atoms in total. The molecule has 1 saturated heterocycles. The monoisotopic (exact) mass is 449 g/mol. The van der Waals surface area contributed by atoms with Gasteiger partial charge in [0.1, 0.15) is 17.5 Å². The van der Waals surface area contributed by atoms with Crippen LogP contribution in [0.3, 0.4) is 0 Å². The van der Waals surface area contributed by atoms with Crippen LogP contribution in [0.2, 0.25) is 0 Å². The predicted octanol–water partition coefficient (Wildman–Crippen LogP) is 1.65. The number of nitrogens with one attached hydrogen (secondary N) is 1. The third-order valence-corrected chi connectivity index (χ3v) is 4.97. The van der Waals surface area contributed by atoms with Crippen molar-refractivity contribution in [1.82, 2.24) is 10.2 Å². The number of amides is 2. The van der Waals surface area contributed by atoms with Crippen LogP contribution in [0, 0.1) is 5.82 Å². The van der Waals surface area contributed by atoms with Gasteiger partial charge in [-0.2, -0.15) is 0 Å². The zero-order valence-electron chi connectivity index (χ0n) is 18.6. The number of carbonyl (C=O) groups excluding carboxylic acids is 3. The van der Waals surface area contributed by atoms with E-state index in [-0.39, 0.29) is 32.1 Å². The number of anilines is 1. The van der Waals surface area contributed by atoms with Crippen LogP contribution >= 0.6 is 0 Å². The van der Waals surface area contributed by atoms with Crippen LogP contribution in [0.1, 0.15) is 33.3 Å². The van der Waals surface area contributed by atoms with Crippen molar-refractivity contribution in [3.63, 3.8) is 0 Å². The van der Waals surface area contributed by atoms with Crippen molar-refractivity contribution < 1.29 is 33.4 Å². The van der Waals surface area contributed by atoms with E-state index in [1.807, 2.05) is 0 Å². The van der Waals surface area contributed by atoms with Gasteiger partial charge in [0.25, 0.3) is 0 Å². The van der Waals surface area contributed by atoms with Gasteiger partial charge in [-0.25, -0.2) is 14.0 Å². The van der Waals surface area contributed by atoms with Crippen molar-refractivity contribution >= 4 is 29.2 Å². The second kappa shape index (κ2) is 9.25. The Labute approximate surface area is 185 Å². The van der Waals surface area contributed by atoms with Gasteiger partial charge in [-0.15, -0.1) is 0 Å². The molecule has 2 aliphatic heterocycles. The number of hydrogen-bond donors (Lipinski definition) is 2. The summed E-state index contributed by atoms with van der Waals surface area (Å²) < 4.78 is 25.3. The minimum absolute atomic E-state index is 0.168. The van der Waals surface area contributed by atoms with Crippen LogP contribution < -0.4 is 10.2 Å². The average molecular weight is 449 g/mol. The van der Waals surface area contributed by atoms with Crippen molar-refractivity contribution in [2.45, 2.75) is 45.6 Å².